The summed E-state index contributed by atoms with van der Waals surface area (Å²) in [4.78, 5) is 27.6. The third-order valence-corrected chi connectivity index (χ3v) is 13.6. The maximum absolute atomic E-state index is 13.8. The Hall–Kier alpha value is -7.14. The molecule has 9 rings (SSSR count). The standard InChI is InChI=1S/C56H56O11/c1-51(2,37-15-13-31-59-37)43-25-27-45(65-43)53(5,6)39-21-17-33(61-39)49(57)35-19-23-41(63-35)55(9,10)47-29-30-48(67-47)56(11,12)42-24-20-36(64-42)50(58)34-18-22-40(62-34)54(7,8)46-28-26-44(66-46)52(3,4)38-16-14-32-60-38/h13-32H,1-12H3. The Labute approximate surface area is 389 Å². The van der Waals surface area contributed by atoms with Gasteiger partial charge in [0.25, 0.3) is 11.6 Å². The first-order valence-electron chi connectivity index (χ1n) is 22.4. The molecule has 0 atom stereocenters. The van der Waals surface area contributed by atoms with E-state index in [4.69, 9.17) is 39.8 Å². The van der Waals surface area contributed by atoms with Crippen LogP contribution in [0.15, 0.2) is 161 Å². The topological polar surface area (TPSA) is 152 Å². The zero-order valence-electron chi connectivity index (χ0n) is 40.0. The van der Waals surface area contributed by atoms with Gasteiger partial charge in [0, 0.05) is 0 Å². The van der Waals surface area contributed by atoms with Gasteiger partial charge >= 0.3 is 0 Å². The predicted molar refractivity (Wildman–Crippen MR) is 248 cm³/mol. The second-order valence-corrected chi connectivity index (χ2v) is 20.5. The molecule has 11 heteroatoms. The zero-order chi connectivity index (χ0) is 47.9. The van der Waals surface area contributed by atoms with Crippen molar-refractivity contribution in [3.05, 3.63) is 214 Å². The highest BCUT2D eigenvalue weighted by Crippen LogP contribution is 2.43. The third-order valence-electron chi connectivity index (χ3n) is 13.6. The summed E-state index contributed by atoms with van der Waals surface area (Å²) >= 11 is 0. The van der Waals surface area contributed by atoms with Crippen LogP contribution in [0.2, 0.25) is 0 Å². The van der Waals surface area contributed by atoms with Crippen molar-refractivity contribution >= 4 is 11.6 Å². The lowest BCUT2D eigenvalue weighted by atomic mass is 9.87. The van der Waals surface area contributed by atoms with Gasteiger partial charge in [-0.05, 0) is 192 Å². The summed E-state index contributed by atoms with van der Waals surface area (Å²) in [6.45, 7) is 24.0. The van der Waals surface area contributed by atoms with Crippen LogP contribution in [-0.2, 0) is 32.5 Å². The third kappa shape index (κ3) is 7.64. The number of carbonyl (C=O) groups excluding carboxylic acids is 2. The molecule has 11 nitrogen and oxygen atoms in total. The van der Waals surface area contributed by atoms with E-state index in [-0.39, 0.29) is 34.6 Å². The lowest BCUT2D eigenvalue weighted by Gasteiger charge is -2.22. The minimum absolute atomic E-state index is 0.134. The van der Waals surface area contributed by atoms with Crippen LogP contribution >= 0.6 is 0 Å². The average Bonchev–Trinajstić information content (AvgIpc) is 4.16. The van der Waals surface area contributed by atoms with Gasteiger partial charge in [-0.25, -0.2) is 0 Å². The van der Waals surface area contributed by atoms with Gasteiger partial charge in [-0.15, -0.1) is 0 Å². The Morgan fingerprint density at radius 2 is 0.463 bits per heavy atom. The van der Waals surface area contributed by atoms with Crippen LogP contribution in [0, 0.1) is 0 Å². The fourth-order valence-corrected chi connectivity index (χ4v) is 8.45. The quantitative estimate of drug-likeness (QED) is 0.0852. The molecular weight excluding hydrogens is 849 g/mol. The van der Waals surface area contributed by atoms with Gasteiger partial charge in [-0.2, -0.15) is 0 Å². The molecule has 67 heavy (non-hydrogen) atoms. The summed E-state index contributed by atoms with van der Waals surface area (Å²) in [6.07, 6.45) is 3.30. The fraction of sp³-hybridized carbons (Fsp3) is 0.321. The molecule has 9 aromatic rings. The van der Waals surface area contributed by atoms with Crippen molar-refractivity contribution in [2.24, 2.45) is 0 Å². The van der Waals surface area contributed by atoms with Gasteiger partial charge in [-0.1, -0.05) is 0 Å². The Morgan fingerprint density at radius 1 is 0.269 bits per heavy atom. The molecule has 0 aliphatic rings. The highest BCUT2D eigenvalue weighted by Gasteiger charge is 2.40. The smallest absolute Gasteiger partial charge is 0.263 e. The van der Waals surface area contributed by atoms with Crippen LogP contribution in [0.25, 0.3) is 0 Å². The number of carbonyl (C=O) groups is 2. The fourth-order valence-electron chi connectivity index (χ4n) is 8.45. The summed E-state index contributed by atoms with van der Waals surface area (Å²) in [5.74, 6) is 7.67. The Bertz CT molecular complexity index is 2970. The summed E-state index contributed by atoms with van der Waals surface area (Å²) < 4.78 is 55.5. The zero-order valence-corrected chi connectivity index (χ0v) is 40.0. The van der Waals surface area contributed by atoms with Gasteiger partial charge in [-0.3, -0.25) is 9.59 Å². The Balaban J connectivity index is 0.869. The van der Waals surface area contributed by atoms with Crippen LogP contribution in [0.1, 0.15) is 185 Å². The molecule has 0 aromatic carbocycles. The summed E-state index contributed by atoms with van der Waals surface area (Å²) in [5.41, 5.74) is -3.87. The lowest BCUT2D eigenvalue weighted by molar-refractivity contribution is 0.0970. The second kappa shape index (κ2) is 15.7. The highest BCUT2D eigenvalue weighted by molar-refractivity contribution is 6.05. The molecule has 0 N–H and O–H groups in total. The van der Waals surface area contributed by atoms with Gasteiger partial charge in [0.15, 0.2) is 23.0 Å². The van der Waals surface area contributed by atoms with Crippen molar-refractivity contribution in [1.82, 2.24) is 0 Å². The second-order valence-electron chi connectivity index (χ2n) is 20.5. The molecule has 346 valence electrons. The average molecular weight is 905 g/mol. The molecule has 0 fully saturated rings. The van der Waals surface area contributed by atoms with Crippen molar-refractivity contribution < 1.29 is 49.3 Å². The van der Waals surface area contributed by atoms with Crippen molar-refractivity contribution in [2.75, 3.05) is 0 Å². The predicted octanol–water partition coefficient (Wildman–Crippen LogP) is 14.4. The monoisotopic (exact) mass is 904 g/mol. The first-order chi connectivity index (χ1) is 31.5. The van der Waals surface area contributed by atoms with E-state index in [1.807, 2.05) is 144 Å². The maximum Gasteiger partial charge on any atom is 0.263 e. The van der Waals surface area contributed by atoms with Gasteiger partial charge in [0.2, 0.25) is 0 Å². The molecule has 0 aliphatic heterocycles. The normalized spacial score (nSPS) is 13.2. The highest BCUT2D eigenvalue weighted by atomic mass is 16.4. The van der Waals surface area contributed by atoms with E-state index in [0.29, 0.717) is 46.1 Å². The van der Waals surface area contributed by atoms with Gasteiger partial charge < -0.3 is 39.8 Å². The number of furan rings is 9. The van der Waals surface area contributed by atoms with E-state index < -0.39 is 32.5 Å². The molecule has 9 aromatic heterocycles. The molecule has 0 spiro atoms. The molecule has 0 bridgehead atoms. The number of rotatable bonds is 16. The molecule has 9 heterocycles. The Kier molecular flexibility index (Phi) is 10.6. The molecule has 0 unspecified atom stereocenters. The summed E-state index contributed by atoms with van der Waals surface area (Å²) in [7, 11) is 0. The number of ketones is 2. The summed E-state index contributed by atoms with van der Waals surface area (Å²) in [5, 5.41) is 0. The van der Waals surface area contributed by atoms with E-state index in [0.717, 1.165) is 23.0 Å². The van der Waals surface area contributed by atoms with E-state index in [9.17, 15) is 9.59 Å². The van der Waals surface area contributed by atoms with Crippen LogP contribution in [-0.4, -0.2) is 11.6 Å². The van der Waals surface area contributed by atoms with E-state index in [1.54, 1.807) is 61.1 Å². The largest absolute Gasteiger partial charge is 0.468 e. The van der Waals surface area contributed by atoms with Crippen LogP contribution in [0.3, 0.4) is 0 Å². The number of hydrogen-bond donors (Lipinski definition) is 0. The van der Waals surface area contributed by atoms with E-state index in [2.05, 4.69) is 0 Å². The number of hydrogen-bond acceptors (Lipinski definition) is 11. The molecule has 0 saturated heterocycles. The molecular formula is C56H56O11. The van der Waals surface area contributed by atoms with Gasteiger partial charge in [0.1, 0.15) is 69.1 Å². The van der Waals surface area contributed by atoms with Crippen LogP contribution < -0.4 is 0 Å². The Morgan fingerprint density at radius 3 is 0.672 bits per heavy atom. The lowest BCUT2D eigenvalue weighted by Crippen LogP contribution is -2.19. The van der Waals surface area contributed by atoms with Crippen molar-refractivity contribution in [2.45, 2.75) is 116 Å². The van der Waals surface area contributed by atoms with Crippen molar-refractivity contribution in [1.29, 1.82) is 0 Å². The summed E-state index contributed by atoms with van der Waals surface area (Å²) in [6, 6.07) is 32.9. The van der Waals surface area contributed by atoms with Gasteiger partial charge in [0.05, 0.1) is 45.0 Å². The first kappa shape index (κ1) is 45.0. The molecule has 0 aliphatic carbocycles. The molecule has 0 amide bonds. The van der Waals surface area contributed by atoms with Crippen LogP contribution in [0.4, 0.5) is 0 Å². The van der Waals surface area contributed by atoms with E-state index in [1.165, 1.54) is 0 Å². The SMILES string of the molecule is CC(C)(c1ccco1)c1ccc(C(C)(C)c2ccc(C(=O)c3ccc(C(C)(C)c4ccc(C(C)(C)c5ccc(C(=O)c6ccc(C(C)(C)c7ccc(C(C)(C)c8ccco8)o7)o6)o5)o4)o3)o2)o1. The minimum atomic E-state index is -0.772. The van der Waals surface area contributed by atoms with E-state index >= 15 is 0 Å². The van der Waals surface area contributed by atoms with Crippen molar-refractivity contribution in [3.8, 4) is 0 Å². The molecule has 0 saturated carbocycles. The van der Waals surface area contributed by atoms with Crippen molar-refractivity contribution in [3.63, 3.8) is 0 Å². The maximum atomic E-state index is 13.8. The molecule has 0 radical (unpaired) electrons. The van der Waals surface area contributed by atoms with Crippen LogP contribution in [0.5, 0.6) is 0 Å². The first-order valence-corrected chi connectivity index (χ1v) is 22.4. The minimum Gasteiger partial charge on any atom is -0.468 e.